The van der Waals surface area contributed by atoms with Crippen LogP contribution in [0.15, 0.2) is 21.7 Å². The molecular formula is C14H20N2O4S. The van der Waals surface area contributed by atoms with Crippen LogP contribution in [-0.2, 0) is 9.53 Å². The first-order valence-corrected chi connectivity index (χ1v) is 7.39. The number of methoxy groups -OCH3 is 2. The largest absolute Gasteiger partial charge is 0.481 e. The van der Waals surface area contributed by atoms with E-state index in [1.165, 1.54) is 14.2 Å². The van der Waals surface area contributed by atoms with Gasteiger partial charge in [-0.3, -0.25) is 0 Å². The zero-order valence-corrected chi connectivity index (χ0v) is 13.7. The fourth-order valence-electron chi connectivity index (χ4n) is 1.39. The second-order valence-corrected chi connectivity index (χ2v) is 5.00. The highest BCUT2D eigenvalue weighted by Gasteiger charge is 2.18. The summed E-state index contributed by atoms with van der Waals surface area (Å²) in [5.74, 6) is 0.385. The van der Waals surface area contributed by atoms with Crippen LogP contribution in [0.3, 0.4) is 0 Å². The summed E-state index contributed by atoms with van der Waals surface area (Å²) >= 11 is 1.15. The second-order valence-electron chi connectivity index (χ2n) is 4.02. The summed E-state index contributed by atoms with van der Waals surface area (Å²) in [5.41, 5.74) is 0.920. The number of ether oxygens (including phenoxy) is 3. The third-order valence-corrected chi connectivity index (χ3v) is 3.73. The molecule has 0 spiro atoms. The van der Waals surface area contributed by atoms with E-state index < -0.39 is 0 Å². The quantitative estimate of drug-likeness (QED) is 0.332. The highest BCUT2D eigenvalue weighted by Crippen LogP contribution is 2.31. The summed E-state index contributed by atoms with van der Waals surface area (Å²) in [5, 5.41) is 0.377. The molecule has 1 rings (SSSR count). The fourth-order valence-corrected chi connectivity index (χ4v) is 2.30. The van der Waals surface area contributed by atoms with Crippen LogP contribution in [0.2, 0.25) is 0 Å². The van der Waals surface area contributed by atoms with Gasteiger partial charge in [0.2, 0.25) is 11.8 Å². The zero-order valence-electron chi connectivity index (χ0n) is 12.9. The van der Waals surface area contributed by atoms with E-state index in [-0.39, 0.29) is 5.97 Å². The molecule has 0 amide bonds. The van der Waals surface area contributed by atoms with E-state index in [1.807, 2.05) is 13.8 Å². The van der Waals surface area contributed by atoms with E-state index in [9.17, 15) is 4.79 Å². The molecule has 7 heteroatoms. The first-order chi connectivity index (χ1) is 10.0. The fraction of sp³-hybridized carbons (Fsp3) is 0.500. The average Bonchev–Trinajstić information content (AvgIpc) is 2.51. The monoisotopic (exact) mass is 312 g/mol. The molecule has 1 aromatic heterocycles. The van der Waals surface area contributed by atoms with E-state index in [0.717, 1.165) is 23.8 Å². The van der Waals surface area contributed by atoms with Gasteiger partial charge in [0.05, 0.1) is 31.8 Å². The number of esters is 1. The lowest BCUT2D eigenvalue weighted by Crippen LogP contribution is -2.08. The van der Waals surface area contributed by atoms with Crippen LogP contribution in [0.5, 0.6) is 11.8 Å². The molecule has 116 valence electrons. The van der Waals surface area contributed by atoms with Gasteiger partial charge in [0.15, 0.2) is 5.16 Å². The predicted octanol–water partition coefficient (Wildman–Crippen LogP) is 2.83. The third kappa shape index (κ3) is 4.93. The third-order valence-electron chi connectivity index (χ3n) is 2.65. The van der Waals surface area contributed by atoms with Gasteiger partial charge in [0.25, 0.3) is 0 Å². The molecule has 0 aliphatic carbocycles. The van der Waals surface area contributed by atoms with Crippen LogP contribution in [-0.4, -0.2) is 36.8 Å². The van der Waals surface area contributed by atoms with Crippen molar-refractivity contribution in [1.82, 2.24) is 9.97 Å². The van der Waals surface area contributed by atoms with Gasteiger partial charge in [0, 0.05) is 0 Å². The number of aromatic nitrogens is 2. The Bertz CT molecular complexity index is 509. The molecule has 6 nitrogen and oxygen atoms in total. The van der Waals surface area contributed by atoms with Crippen molar-refractivity contribution in [2.45, 2.75) is 32.3 Å². The molecule has 0 radical (unpaired) electrons. The standard InChI is InChI=1S/C14H20N2O4S/c1-6-9(3)12(13(17)20-7-2)21-14-15-10(18-4)8-11(16-14)19-5/h8H,6-7H2,1-5H3/b12-9-. The number of rotatable bonds is 7. The molecule has 0 aliphatic rings. The van der Waals surface area contributed by atoms with E-state index >= 15 is 0 Å². The van der Waals surface area contributed by atoms with Crippen LogP contribution in [0, 0.1) is 0 Å². The molecule has 0 saturated carbocycles. The van der Waals surface area contributed by atoms with Crippen LogP contribution in [0.25, 0.3) is 0 Å². The van der Waals surface area contributed by atoms with Crippen molar-refractivity contribution in [3.8, 4) is 11.8 Å². The van der Waals surface area contributed by atoms with Crippen molar-refractivity contribution in [3.05, 3.63) is 16.5 Å². The van der Waals surface area contributed by atoms with E-state index in [0.29, 0.717) is 28.4 Å². The van der Waals surface area contributed by atoms with Gasteiger partial charge in [-0.25, -0.2) is 4.79 Å². The number of hydrogen-bond acceptors (Lipinski definition) is 7. The number of nitrogens with zero attached hydrogens (tertiary/aromatic N) is 2. The number of carbonyl (C=O) groups is 1. The maximum Gasteiger partial charge on any atom is 0.345 e. The van der Waals surface area contributed by atoms with Gasteiger partial charge in [-0.1, -0.05) is 12.5 Å². The Balaban J connectivity index is 3.12. The van der Waals surface area contributed by atoms with Crippen LogP contribution in [0.1, 0.15) is 27.2 Å². The molecule has 0 aliphatic heterocycles. The Morgan fingerprint density at radius 2 is 1.76 bits per heavy atom. The first-order valence-electron chi connectivity index (χ1n) is 6.57. The number of thioether (sulfide) groups is 1. The van der Waals surface area contributed by atoms with Crippen molar-refractivity contribution in [2.75, 3.05) is 20.8 Å². The van der Waals surface area contributed by atoms with Crippen molar-refractivity contribution in [2.24, 2.45) is 0 Å². The molecule has 0 aromatic carbocycles. The average molecular weight is 312 g/mol. The Labute approximate surface area is 128 Å². The van der Waals surface area contributed by atoms with Gasteiger partial charge >= 0.3 is 5.97 Å². The molecule has 0 bridgehead atoms. The Hall–Kier alpha value is -1.76. The number of carbonyl (C=O) groups excluding carboxylic acids is 1. The van der Waals surface area contributed by atoms with Gasteiger partial charge < -0.3 is 14.2 Å². The second kappa shape index (κ2) is 8.51. The highest BCUT2D eigenvalue weighted by molar-refractivity contribution is 8.03. The predicted molar refractivity (Wildman–Crippen MR) is 80.6 cm³/mol. The minimum atomic E-state index is -0.368. The summed E-state index contributed by atoms with van der Waals surface area (Å²) in [6.45, 7) is 5.95. The number of hydrogen-bond donors (Lipinski definition) is 0. The lowest BCUT2D eigenvalue weighted by atomic mass is 10.2. The molecule has 1 aromatic rings. The van der Waals surface area contributed by atoms with Gasteiger partial charge in [-0.2, -0.15) is 9.97 Å². The SMILES string of the molecule is CCOC(=O)/C(Sc1nc(OC)cc(OC)n1)=C(\C)CC. The van der Waals surface area contributed by atoms with Gasteiger partial charge in [0.1, 0.15) is 0 Å². The van der Waals surface area contributed by atoms with Gasteiger partial charge in [-0.15, -0.1) is 0 Å². The van der Waals surface area contributed by atoms with Crippen LogP contribution < -0.4 is 9.47 Å². The number of allylic oxidation sites excluding steroid dienone is 1. The van der Waals surface area contributed by atoms with E-state index in [1.54, 1.807) is 13.0 Å². The maximum absolute atomic E-state index is 12.0. The summed E-state index contributed by atoms with van der Waals surface area (Å²) in [6.07, 6.45) is 0.738. The normalized spacial score (nSPS) is 11.7. The summed E-state index contributed by atoms with van der Waals surface area (Å²) in [7, 11) is 3.02. The minimum absolute atomic E-state index is 0.322. The Morgan fingerprint density at radius 3 is 2.19 bits per heavy atom. The van der Waals surface area contributed by atoms with Crippen LogP contribution >= 0.6 is 11.8 Å². The lowest BCUT2D eigenvalue weighted by Gasteiger charge is -2.10. The molecule has 21 heavy (non-hydrogen) atoms. The van der Waals surface area contributed by atoms with Crippen molar-refractivity contribution in [3.63, 3.8) is 0 Å². The summed E-state index contributed by atoms with van der Waals surface area (Å²) in [4.78, 5) is 20.9. The first kappa shape index (κ1) is 17.3. The van der Waals surface area contributed by atoms with Crippen molar-refractivity contribution in [1.29, 1.82) is 0 Å². The summed E-state index contributed by atoms with van der Waals surface area (Å²) in [6, 6.07) is 1.57. The molecule has 0 unspecified atom stereocenters. The highest BCUT2D eigenvalue weighted by atomic mass is 32.2. The molecule has 0 atom stereocenters. The molecule has 0 fully saturated rings. The summed E-state index contributed by atoms with van der Waals surface area (Å²) < 4.78 is 15.3. The minimum Gasteiger partial charge on any atom is -0.481 e. The smallest absolute Gasteiger partial charge is 0.345 e. The van der Waals surface area contributed by atoms with Gasteiger partial charge in [-0.05, 0) is 32.0 Å². The molecule has 0 N–H and O–H groups in total. The van der Waals surface area contributed by atoms with Crippen molar-refractivity contribution < 1.29 is 19.0 Å². The van der Waals surface area contributed by atoms with E-state index in [4.69, 9.17) is 14.2 Å². The van der Waals surface area contributed by atoms with E-state index in [2.05, 4.69) is 9.97 Å². The molecular weight excluding hydrogens is 292 g/mol. The lowest BCUT2D eigenvalue weighted by molar-refractivity contribution is -0.137. The van der Waals surface area contributed by atoms with Crippen LogP contribution in [0.4, 0.5) is 0 Å². The molecule has 1 heterocycles. The Morgan fingerprint density at radius 1 is 1.19 bits per heavy atom. The zero-order chi connectivity index (χ0) is 15.8. The maximum atomic E-state index is 12.0. The topological polar surface area (TPSA) is 70.5 Å². The molecule has 0 saturated heterocycles. The Kier molecular flexibility index (Phi) is 7.01. The van der Waals surface area contributed by atoms with Crippen molar-refractivity contribution >= 4 is 17.7 Å².